The molecular weight excluding hydrogens is 463 g/mol. The third kappa shape index (κ3) is 5.46. The van der Waals surface area contributed by atoms with Crippen LogP contribution in [0.5, 0.6) is 0 Å². The molecule has 0 bridgehead atoms. The summed E-state index contributed by atoms with van der Waals surface area (Å²) >= 11 is 0. The Morgan fingerprint density at radius 3 is 2.50 bits per heavy atom. The molecule has 3 aromatic carbocycles. The molecule has 0 aliphatic carbocycles. The fourth-order valence-corrected chi connectivity index (χ4v) is 4.30. The van der Waals surface area contributed by atoms with Gasteiger partial charge in [0.25, 0.3) is 11.8 Å². The second-order valence-corrected chi connectivity index (χ2v) is 8.57. The molecule has 0 aromatic heterocycles. The second kappa shape index (κ2) is 10.9. The van der Waals surface area contributed by atoms with Crippen LogP contribution in [-0.2, 0) is 11.3 Å². The molecule has 1 aliphatic heterocycles. The number of rotatable bonds is 6. The van der Waals surface area contributed by atoms with E-state index in [0.717, 1.165) is 18.4 Å². The average Bonchev–Trinajstić information content (AvgIpc) is 2.88. The minimum atomic E-state index is -0.738. The third-order valence-electron chi connectivity index (χ3n) is 6.18. The SMILES string of the molecule is NC(=O)c1cccc(NC(=O)c2ccc(C3CCCCN3C(=O)OCc3ccccc3)cc2F)c1N. The molecule has 1 heterocycles. The van der Waals surface area contributed by atoms with Gasteiger partial charge in [0, 0.05) is 6.54 Å². The number of benzene rings is 3. The molecule has 8 nitrogen and oxygen atoms in total. The molecule has 0 spiro atoms. The Labute approximate surface area is 208 Å². The standard InChI is InChI=1S/C27H27FN4O4/c28-21-15-18(12-13-19(21)26(34)31-22-10-6-9-20(24(22)29)25(30)33)23-11-4-5-14-32(23)27(35)36-16-17-7-2-1-3-8-17/h1-3,6-10,12-13,15,23H,4-5,11,14,16,29H2,(H2,30,33)(H,31,34). The summed E-state index contributed by atoms with van der Waals surface area (Å²) in [5, 5.41) is 2.52. The lowest BCUT2D eigenvalue weighted by Crippen LogP contribution is -2.38. The van der Waals surface area contributed by atoms with E-state index in [2.05, 4.69) is 5.32 Å². The van der Waals surface area contributed by atoms with Crippen molar-refractivity contribution in [3.8, 4) is 0 Å². The van der Waals surface area contributed by atoms with Crippen molar-refractivity contribution in [3.05, 3.63) is 94.8 Å². The number of piperidine rings is 1. The van der Waals surface area contributed by atoms with E-state index in [1.54, 1.807) is 11.0 Å². The van der Waals surface area contributed by atoms with Crippen LogP contribution in [0.25, 0.3) is 0 Å². The van der Waals surface area contributed by atoms with Gasteiger partial charge in [-0.15, -0.1) is 0 Å². The molecule has 9 heteroatoms. The van der Waals surface area contributed by atoms with Crippen LogP contribution in [0.15, 0.2) is 66.7 Å². The van der Waals surface area contributed by atoms with E-state index in [1.807, 2.05) is 30.3 Å². The van der Waals surface area contributed by atoms with Gasteiger partial charge >= 0.3 is 6.09 Å². The number of ether oxygens (including phenoxy) is 1. The number of likely N-dealkylation sites (tertiary alicyclic amines) is 1. The van der Waals surface area contributed by atoms with Gasteiger partial charge in [-0.2, -0.15) is 0 Å². The monoisotopic (exact) mass is 490 g/mol. The van der Waals surface area contributed by atoms with Crippen molar-refractivity contribution in [1.29, 1.82) is 0 Å². The Kier molecular flexibility index (Phi) is 7.48. The van der Waals surface area contributed by atoms with E-state index in [0.29, 0.717) is 18.5 Å². The molecule has 1 aliphatic rings. The van der Waals surface area contributed by atoms with Crippen LogP contribution >= 0.6 is 0 Å². The minimum Gasteiger partial charge on any atom is -0.445 e. The number of halogens is 1. The lowest BCUT2D eigenvalue weighted by Gasteiger charge is -2.35. The Hall–Kier alpha value is -4.40. The van der Waals surface area contributed by atoms with Gasteiger partial charge in [-0.05, 0) is 54.7 Å². The first-order valence-electron chi connectivity index (χ1n) is 11.6. The number of carbonyl (C=O) groups is 3. The van der Waals surface area contributed by atoms with Crippen molar-refractivity contribution in [1.82, 2.24) is 4.90 Å². The summed E-state index contributed by atoms with van der Waals surface area (Å²) in [5.41, 5.74) is 12.7. The van der Waals surface area contributed by atoms with E-state index < -0.39 is 23.7 Å². The van der Waals surface area contributed by atoms with Crippen molar-refractivity contribution in [2.75, 3.05) is 17.6 Å². The number of nitrogen functional groups attached to an aromatic ring is 1. The van der Waals surface area contributed by atoms with Gasteiger partial charge in [0.15, 0.2) is 0 Å². The summed E-state index contributed by atoms with van der Waals surface area (Å²) in [6, 6.07) is 17.7. The summed E-state index contributed by atoms with van der Waals surface area (Å²) < 4.78 is 20.6. The lowest BCUT2D eigenvalue weighted by atomic mass is 9.94. The zero-order valence-corrected chi connectivity index (χ0v) is 19.6. The van der Waals surface area contributed by atoms with Gasteiger partial charge in [0.2, 0.25) is 0 Å². The first-order chi connectivity index (χ1) is 17.3. The van der Waals surface area contributed by atoms with Crippen LogP contribution < -0.4 is 16.8 Å². The number of hydrogen-bond donors (Lipinski definition) is 3. The van der Waals surface area contributed by atoms with Crippen molar-refractivity contribution in [3.63, 3.8) is 0 Å². The van der Waals surface area contributed by atoms with Gasteiger partial charge in [-0.1, -0.05) is 42.5 Å². The summed E-state index contributed by atoms with van der Waals surface area (Å²) in [6.45, 7) is 0.647. The first kappa shape index (κ1) is 24.7. The van der Waals surface area contributed by atoms with Gasteiger partial charge in [-0.25, -0.2) is 9.18 Å². The molecule has 4 rings (SSSR count). The van der Waals surface area contributed by atoms with Crippen molar-refractivity contribution >= 4 is 29.3 Å². The predicted octanol–water partition coefficient (Wildman–Crippen LogP) is 4.62. The Morgan fingerprint density at radius 2 is 1.78 bits per heavy atom. The van der Waals surface area contributed by atoms with E-state index >= 15 is 4.39 Å². The Bertz CT molecular complexity index is 1280. The molecule has 1 saturated heterocycles. The quantitative estimate of drug-likeness (QED) is 0.434. The van der Waals surface area contributed by atoms with Gasteiger partial charge in [0.05, 0.1) is 28.5 Å². The maximum Gasteiger partial charge on any atom is 0.410 e. The highest BCUT2D eigenvalue weighted by atomic mass is 19.1. The fourth-order valence-electron chi connectivity index (χ4n) is 4.30. The maximum atomic E-state index is 15.1. The number of hydrogen-bond acceptors (Lipinski definition) is 5. The molecule has 0 saturated carbocycles. The number of nitrogens with zero attached hydrogens (tertiary/aromatic N) is 1. The Balaban J connectivity index is 1.48. The molecule has 1 fully saturated rings. The first-order valence-corrected chi connectivity index (χ1v) is 11.6. The van der Waals surface area contributed by atoms with Gasteiger partial charge in [-0.3, -0.25) is 9.59 Å². The van der Waals surface area contributed by atoms with Crippen molar-refractivity contribution in [2.45, 2.75) is 31.9 Å². The fraction of sp³-hybridized carbons (Fsp3) is 0.222. The molecule has 5 N–H and O–H groups in total. The summed E-state index contributed by atoms with van der Waals surface area (Å²) in [7, 11) is 0. The number of para-hydroxylation sites is 1. The third-order valence-corrected chi connectivity index (χ3v) is 6.18. The molecule has 36 heavy (non-hydrogen) atoms. The number of primary amides is 1. The van der Waals surface area contributed by atoms with Crippen LogP contribution in [-0.4, -0.2) is 29.4 Å². The van der Waals surface area contributed by atoms with Crippen LogP contribution in [0.1, 0.15) is 57.1 Å². The molecule has 3 amide bonds. The van der Waals surface area contributed by atoms with Gasteiger partial charge in [0.1, 0.15) is 12.4 Å². The molecule has 1 atom stereocenters. The summed E-state index contributed by atoms with van der Waals surface area (Å²) in [5.74, 6) is -2.20. The molecule has 186 valence electrons. The highest BCUT2D eigenvalue weighted by Gasteiger charge is 2.30. The molecular formula is C27H27FN4O4. The zero-order chi connectivity index (χ0) is 25.7. The van der Waals surface area contributed by atoms with E-state index in [9.17, 15) is 14.4 Å². The van der Waals surface area contributed by atoms with E-state index in [4.69, 9.17) is 16.2 Å². The molecule has 3 aromatic rings. The lowest BCUT2D eigenvalue weighted by molar-refractivity contribution is 0.0677. The van der Waals surface area contributed by atoms with Crippen LogP contribution in [0.4, 0.5) is 20.6 Å². The second-order valence-electron chi connectivity index (χ2n) is 8.57. The average molecular weight is 491 g/mol. The van der Waals surface area contributed by atoms with Crippen LogP contribution in [0.2, 0.25) is 0 Å². The van der Waals surface area contributed by atoms with Crippen molar-refractivity contribution < 1.29 is 23.5 Å². The zero-order valence-electron chi connectivity index (χ0n) is 19.6. The van der Waals surface area contributed by atoms with Crippen molar-refractivity contribution in [2.24, 2.45) is 5.73 Å². The number of amides is 3. The maximum absolute atomic E-state index is 15.1. The number of nitrogens with two attached hydrogens (primary N) is 2. The number of carbonyl (C=O) groups excluding carboxylic acids is 3. The van der Waals surface area contributed by atoms with E-state index in [1.165, 1.54) is 30.3 Å². The minimum absolute atomic E-state index is 0.00207. The van der Waals surface area contributed by atoms with Gasteiger partial charge < -0.3 is 26.4 Å². The highest BCUT2D eigenvalue weighted by Crippen LogP contribution is 2.33. The predicted molar refractivity (Wildman–Crippen MR) is 134 cm³/mol. The molecule has 0 radical (unpaired) electrons. The highest BCUT2D eigenvalue weighted by molar-refractivity contribution is 6.08. The molecule has 1 unspecified atom stereocenters. The smallest absolute Gasteiger partial charge is 0.410 e. The number of nitrogens with one attached hydrogen (secondary N) is 1. The topological polar surface area (TPSA) is 128 Å². The number of anilines is 2. The summed E-state index contributed by atoms with van der Waals surface area (Å²) in [4.78, 5) is 38.7. The van der Waals surface area contributed by atoms with E-state index in [-0.39, 0.29) is 35.2 Å². The Morgan fingerprint density at radius 1 is 1.00 bits per heavy atom. The normalized spacial score (nSPS) is 15.2. The van der Waals surface area contributed by atoms with Crippen LogP contribution in [0, 0.1) is 5.82 Å². The van der Waals surface area contributed by atoms with Crippen LogP contribution in [0.3, 0.4) is 0 Å². The summed E-state index contributed by atoms with van der Waals surface area (Å²) in [6.07, 6.45) is 1.90. The largest absolute Gasteiger partial charge is 0.445 e.